The molecule has 1 unspecified atom stereocenters. The second kappa shape index (κ2) is 5.93. The van der Waals surface area contributed by atoms with E-state index in [-0.39, 0.29) is 56.9 Å². The fourth-order valence-electron chi connectivity index (χ4n) is 0.794. The predicted molar refractivity (Wildman–Crippen MR) is 46.1 cm³/mol. The molecule has 1 aromatic carbocycles. The first-order valence-electron chi connectivity index (χ1n) is 3.29. The van der Waals surface area contributed by atoms with E-state index in [4.69, 9.17) is 16.7 Å². The van der Waals surface area contributed by atoms with E-state index < -0.39 is 15.6 Å². The molecule has 4 nitrogen and oxygen atoms in total. The minimum atomic E-state index is -4.71. The number of benzene rings is 1. The molecule has 0 aliphatic heterocycles. The van der Waals surface area contributed by atoms with Crippen LogP contribution in [0.5, 0.6) is 0 Å². The van der Waals surface area contributed by atoms with Gasteiger partial charge in [0, 0.05) is 5.02 Å². The second-order valence-electron chi connectivity index (χ2n) is 2.40. The van der Waals surface area contributed by atoms with Crippen molar-refractivity contribution in [2.75, 3.05) is 0 Å². The van der Waals surface area contributed by atoms with E-state index in [9.17, 15) is 13.0 Å². The zero-order chi connectivity index (χ0) is 10.1. The van der Waals surface area contributed by atoms with Crippen molar-refractivity contribution in [2.24, 2.45) is 0 Å². The van der Waals surface area contributed by atoms with Gasteiger partial charge in [0.15, 0.2) is 5.44 Å². The van der Waals surface area contributed by atoms with Gasteiger partial charge >= 0.3 is 51.4 Å². The summed E-state index contributed by atoms with van der Waals surface area (Å²) in [4.78, 5) is 0. The minimum Gasteiger partial charge on any atom is -0.746 e. The monoisotopic (exact) mass is 260 g/mol. The van der Waals surface area contributed by atoms with Crippen LogP contribution < -0.4 is 51.4 Å². The molecule has 0 saturated heterocycles. The molecule has 14 heavy (non-hydrogen) atoms. The molecule has 1 atom stereocenters. The standard InChI is InChI=1S/C7H7ClO4S.K/c8-6-3-1-5(2-4-6)7(9)13(10,11)12;/h1-4,7,9H,(H,10,11,12);/q;+1/p-1. The number of rotatable bonds is 2. The van der Waals surface area contributed by atoms with Gasteiger partial charge in [0.25, 0.3) is 0 Å². The van der Waals surface area contributed by atoms with E-state index >= 15 is 0 Å². The van der Waals surface area contributed by atoms with Crippen LogP contribution in [0.25, 0.3) is 0 Å². The molecule has 0 saturated carbocycles. The molecule has 0 heterocycles. The average Bonchev–Trinajstić information content (AvgIpc) is 2.03. The van der Waals surface area contributed by atoms with E-state index in [0.717, 1.165) is 0 Å². The molecule has 0 amide bonds. The third-order valence-electron chi connectivity index (χ3n) is 1.43. The summed E-state index contributed by atoms with van der Waals surface area (Å²) in [5.41, 5.74) is -2.01. The van der Waals surface area contributed by atoms with Gasteiger partial charge in [0.1, 0.15) is 10.1 Å². The molecular formula is C7H6ClKO4S. The van der Waals surface area contributed by atoms with Crippen molar-refractivity contribution in [1.29, 1.82) is 0 Å². The average molecular weight is 261 g/mol. The normalized spacial score (nSPS) is 13.1. The summed E-state index contributed by atoms with van der Waals surface area (Å²) in [5.74, 6) is 0. The van der Waals surface area contributed by atoms with E-state index in [1.807, 2.05) is 0 Å². The SMILES string of the molecule is O=S(=O)([O-])C(O)c1ccc(Cl)cc1.[K+]. The molecule has 1 aromatic rings. The van der Waals surface area contributed by atoms with Crippen LogP contribution in [-0.4, -0.2) is 18.1 Å². The second-order valence-corrected chi connectivity index (χ2v) is 4.27. The summed E-state index contributed by atoms with van der Waals surface area (Å²) in [6.45, 7) is 0. The smallest absolute Gasteiger partial charge is 0.746 e. The topological polar surface area (TPSA) is 77.4 Å². The summed E-state index contributed by atoms with van der Waals surface area (Å²) in [6, 6.07) is 5.35. The van der Waals surface area contributed by atoms with E-state index in [1.54, 1.807) is 0 Å². The van der Waals surface area contributed by atoms with E-state index in [0.29, 0.717) is 5.02 Å². The first kappa shape index (κ1) is 15.0. The van der Waals surface area contributed by atoms with Gasteiger partial charge in [-0.2, -0.15) is 0 Å². The van der Waals surface area contributed by atoms with Crippen molar-refractivity contribution < 1.29 is 69.5 Å². The number of aliphatic hydroxyl groups is 1. The minimum absolute atomic E-state index is 0. The van der Waals surface area contributed by atoms with Crippen LogP contribution >= 0.6 is 11.6 Å². The van der Waals surface area contributed by atoms with Gasteiger partial charge in [0.2, 0.25) is 0 Å². The van der Waals surface area contributed by atoms with Gasteiger partial charge in [-0.15, -0.1) is 0 Å². The molecule has 0 aliphatic rings. The Balaban J connectivity index is 0.00000169. The van der Waals surface area contributed by atoms with Crippen molar-refractivity contribution in [2.45, 2.75) is 5.44 Å². The van der Waals surface area contributed by atoms with Crippen molar-refractivity contribution in [3.05, 3.63) is 34.9 Å². The van der Waals surface area contributed by atoms with Gasteiger partial charge < -0.3 is 9.66 Å². The molecule has 1 N–H and O–H groups in total. The zero-order valence-electron chi connectivity index (χ0n) is 7.34. The van der Waals surface area contributed by atoms with Crippen molar-refractivity contribution in [1.82, 2.24) is 0 Å². The molecule has 0 aromatic heterocycles. The molecule has 0 spiro atoms. The summed E-state index contributed by atoms with van der Waals surface area (Å²) < 4.78 is 31.1. The van der Waals surface area contributed by atoms with Crippen LogP contribution in [0.1, 0.15) is 11.0 Å². The quantitative estimate of drug-likeness (QED) is 0.487. The van der Waals surface area contributed by atoms with Crippen molar-refractivity contribution in [3.63, 3.8) is 0 Å². The number of hydrogen-bond acceptors (Lipinski definition) is 4. The molecule has 0 fully saturated rings. The summed E-state index contributed by atoms with van der Waals surface area (Å²) in [7, 11) is -4.71. The molecule has 0 bridgehead atoms. The van der Waals surface area contributed by atoms with Crippen molar-refractivity contribution in [3.8, 4) is 0 Å². The van der Waals surface area contributed by atoms with Crippen LogP contribution in [0.2, 0.25) is 5.02 Å². The zero-order valence-corrected chi connectivity index (χ0v) is 12.0. The largest absolute Gasteiger partial charge is 1.00 e. The predicted octanol–water partition coefficient (Wildman–Crippen LogP) is -2.12. The molecule has 1 rings (SSSR count). The fraction of sp³-hybridized carbons (Fsp3) is 0.143. The maximum Gasteiger partial charge on any atom is 1.00 e. The number of aliphatic hydroxyl groups excluding tert-OH is 1. The Bertz CT molecular complexity index is 389. The third-order valence-corrected chi connectivity index (χ3v) is 2.50. The Kier molecular flexibility index (Phi) is 6.36. The van der Waals surface area contributed by atoms with Gasteiger partial charge in [-0.3, -0.25) is 0 Å². The Morgan fingerprint density at radius 3 is 2.07 bits per heavy atom. The Labute approximate surface area is 129 Å². The molecule has 72 valence electrons. The molecule has 0 aliphatic carbocycles. The first-order valence-corrected chi connectivity index (χ1v) is 5.14. The van der Waals surface area contributed by atoms with Crippen LogP contribution in [0.4, 0.5) is 0 Å². The van der Waals surface area contributed by atoms with Crippen LogP contribution in [-0.2, 0) is 10.1 Å². The summed E-state index contributed by atoms with van der Waals surface area (Å²) >= 11 is 5.52. The first-order chi connectivity index (χ1) is 5.91. The number of hydrogen-bond donors (Lipinski definition) is 1. The fourth-order valence-corrected chi connectivity index (χ4v) is 1.41. The van der Waals surface area contributed by atoms with Gasteiger partial charge in [-0.25, -0.2) is 8.42 Å². The van der Waals surface area contributed by atoms with Crippen LogP contribution in [0, 0.1) is 0 Å². The van der Waals surface area contributed by atoms with Gasteiger partial charge in [-0.05, 0) is 17.7 Å². The van der Waals surface area contributed by atoms with E-state index in [2.05, 4.69) is 0 Å². The molecule has 7 heteroatoms. The Morgan fingerprint density at radius 2 is 1.71 bits per heavy atom. The maximum absolute atomic E-state index is 10.4. The van der Waals surface area contributed by atoms with Crippen molar-refractivity contribution >= 4 is 21.7 Å². The van der Waals surface area contributed by atoms with Crippen LogP contribution in [0.3, 0.4) is 0 Å². The van der Waals surface area contributed by atoms with Gasteiger partial charge in [-0.1, -0.05) is 23.7 Å². The van der Waals surface area contributed by atoms with Gasteiger partial charge in [0.05, 0.1) is 0 Å². The van der Waals surface area contributed by atoms with Crippen LogP contribution in [0.15, 0.2) is 24.3 Å². The van der Waals surface area contributed by atoms with E-state index in [1.165, 1.54) is 24.3 Å². The summed E-state index contributed by atoms with van der Waals surface area (Å²) in [6.07, 6.45) is 0. The summed E-state index contributed by atoms with van der Waals surface area (Å²) in [5, 5.41) is 9.41. The number of halogens is 1. The maximum atomic E-state index is 10.4. The molecular weight excluding hydrogens is 255 g/mol. The Morgan fingerprint density at radius 1 is 1.29 bits per heavy atom. The Hall–Kier alpha value is 1.02. The third kappa shape index (κ3) is 4.26. The molecule has 0 radical (unpaired) electrons.